The fourth-order valence-corrected chi connectivity index (χ4v) is 3.17. The van der Waals surface area contributed by atoms with Gasteiger partial charge < -0.3 is 31.7 Å². The van der Waals surface area contributed by atoms with Gasteiger partial charge in [-0.05, 0) is 82.5 Å². The molecule has 0 radical (unpaired) electrons. The summed E-state index contributed by atoms with van der Waals surface area (Å²) in [5, 5.41) is 25.9. The summed E-state index contributed by atoms with van der Waals surface area (Å²) in [6.07, 6.45) is 3.38. The fourth-order valence-electron chi connectivity index (χ4n) is 2.91. The van der Waals surface area contributed by atoms with Gasteiger partial charge >= 0.3 is 130 Å². The Balaban J connectivity index is 0. The van der Waals surface area contributed by atoms with E-state index in [2.05, 4.69) is 60.9 Å². The quantitative estimate of drug-likeness (QED) is 0.0776. The van der Waals surface area contributed by atoms with Crippen LogP contribution in [0.15, 0.2) is 89.7 Å². The molecule has 1 unspecified atom stereocenters. The molecule has 0 bridgehead atoms. The maximum atomic E-state index is 8.87. The van der Waals surface area contributed by atoms with E-state index >= 15 is 0 Å². The van der Waals surface area contributed by atoms with Crippen molar-refractivity contribution in [3.05, 3.63) is 112 Å². The van der Waals surface area contributed by atoms with Gasteiger partial charge in [0.05, 0.1) is 0 Å². The summed E-state index contributed by atoms with van der Waals surface area (Å²) in [6.45, 7) is 5.01. The average molecular weight is 734 g/mol. The van der Waals surface area contributed by atoms with E-state index in [1.807, 2.05) is 43.5 Å². The number of aromatic nitrogens is 2. The van der Waals surface area contributed by atoms with Crippen LogP contribution in [-0.4, -0.2) is 90.3 Å². The van der Waals surface area contributed by atoms with E-state index in [9.17, 15) is 0 Å². The van der Waals surface area contributed by atoms with Gasteiger partial charge in [-0.1, -0.05) is 52.3 Å². The van der Waals surface area contributed by atoms with Gasteiger partial charge in [-0.15, -0.1) is 0 Å². The first-order chi connectivity index (χ1) is 19.6. The minimum atomic E-state index is -3.15. The van der Waals surface area contributed by atoms with Crippen molar-refractivity contribution in [2.45, 2.75) is 26.9 Å². The monoisotopic (exact) mass is 732 g/mol. The molecule has 1 atom stereocenters. The van der Waals surface area contributed by atoms with Gasteiger partial charge in [0.25, 0.3) is 0 Å². The second-order valence-electron chi connectivity index (χ2n) is 7.82. The Morgan fingerprint density at radius 3 is 1.64 bits per heavy atom. The summed E-state index contributed by atoms with van der Waals surface area (Å²) >= 11 is 5.83. The molecular weight excluding hydrogens is 703 g/mol. The van der Waals surface area contributed by atoms with Gasteiger partial charge in [-0.3, -0.25) is 9.97 Å². The summed E-state index contributed by atoms with van der Waals surface area (Å²) < 4.78 is 12.4. The van der Waals surface area contributed by atoms with Crippen LogP contribution in [0.3, 0.4) is 0 Å². The first-order valence-electron chi connectivity index (χ1n) is 12.5. The van der Waals surface area contributed by atoms with Crippen molar-refractivity contribution in [2.24, 2.45) is 11.5 Å². The zero-order chi connectivity index (χ0) is 31.2. The SMILES string of the molecule is Cc1cc(-c2ccc(CN)cc2)ccn1.Cc1cc(B(O)O)ccn1.NCc1ccc(Br)cc1.O=[P+]([O-])O[O-].[K+].[K][K]. The van der Waals surface area contributed by atoms with E-state index in [0.29, 0.717) is 18.6 Å². The third-order valence-electron chi connectivity index (χ3n) is 4.85. The number of halogens is 1. The predicted octanol–water partition coefficient (Wildman–Crippen LogP) is -1.97. The molecule has 0 fully saturated rings. The van der Waals surface area contributed by atoms with Gasteiger partial charge in [0.2, 0.25) is 0 Å². The molecule has 0 saturated heterocycles. The van der Waals surface area contributed by atoms with Crippen LogP contribution in [0.2, 0.25) is 0 Å². The molecule has 208 valence electrons. The Morgan fingerprint density at radius 2 is 1.29 bits per heavy atom. The first-order valence-corrected chi connectivity index (χ1v) is 30.4. The van der Waals surface area contributed by atoms with E-state index in [0.717, 1.165) is 21.4 Å². The zero-order valence-corrected chi connectivity index (χ0v) is 36.3. The van der Waals surface area contributed by atoms with Crippen LogP contribution in [0.4, 0.5) is 0 Å². The number of pyridine rings is 2. The summed E-state index contributed by atoms with van der Waals surface area (Å²) in [5.41, 5.74) is 18.0. The number of nitrogens with zero attached hydrogens (tertiary/aromatic N) is 2. The predicted molar refractivity (Wildman–Crippen MR) is 163 cm³/mol. The molecule has 0 saturated carbocycles. The molecule has 2 aromatic heterocycles. The molecule has 4 rings (SSSR count). The number of nitrogens with two attached hydrogens (primary N) is 2. The summed E-state index contributed by atoms with van der Waals surface area (Å²) in [4.78, 5) is 16.9. The Hall–Kier alpha value is 2.01. The van der Waals surface area contributed by atoms with Crippen LogP contribution in [0.25, 0.3) is 11.1 Å². The van der Waals surface area contributed by atoms with E-state index in [1.54, 1.807) is 25.3 Å². The van der Waals surface area contributed by atoms with Crippen LogP contribution in [0.1, 0.15) is 22.5 Å². The molecule has 0 aliphatic heterocycles. The van der Waals surface area contributed by atoms with Crippen molar-refractivity contribution < 1.29 is 80.8 Å². The van der Waals surface area contributed by atoms with E-state index in [4.69, 9.17) is 36.2 Å². The molecule has 4 aromatic rings. The number of rotatable bonds is 5. The Labute approximate surface area is 344 Å². The number of hydrogen-bond donors (Lipinski definition) is 4. The molecule has 6 N–H and O–H groups in total. The van der Waals surface area contributed by atoms with Crippen molar-refractivity contribution in [1.82, 2.24) is 9.97 Å². The normalized spacial score (nSPS) is 9.50. The van der Waals surface area contributed by atoms with Gasteiger partial charge in [-0.25, -0.2) is 4.67 Å². The Morgan fingerprint density at radius 1 is 0.857 bits per heavy atom. The van der Waals surface area contributed by atoms with E-state index in [1.165, 1.54) is 79.8 Å². The average Bonchev–Trinajstić information content (AvgIpc) is 2.99. The third-order valence-corrected chi connectivity index (χ3v) is 5.50. The molecule has 2 aromatic carbocycles. The van der Waals surface area contributed by atoms with Crippen molar-refractivity contribution in [1.29, 1.82) is 0 Å². The van der Waals surface area contributed by atoms with Crippen molar-refractivity contribution in [3.8, 4) is 11.1 Å². The molecular formula is C26H30BBrK3N4O6P. The molecule has 2 heterocycles. The van der Waals surface area contributed by atoms with E-state index in [-0.39, 0.29) is 51.4 Å². The third kappa shape index (κ3) is 22.5. The van der Waals surface area contributed by atoms with Crippen LogP contribution < -0.4 is 78.5 Å². The summed E-state index contributed by atoms with van der Waals surface area (Å²) in [5.74, 6) is 0. The molecule has 10 nitrogen and oxygen atoms in total. The van der Waals surface area contributed by atoms with Crippen LogP contribution >= 0.6 is 24.2 Å². The Kier molecular flexibility index (Phi) is 32.0. The van der Waals surface area contributed by atoms with Gasteiger partial charge in [0, 0.05) is 41.3 Å². The number of aryl methyl sites for hydroxylation is 2. The topological polar surface area (TPSA) is 191 Å². The summed E-state index contributed by atoms with van der Waals surface area (Å²) in [6, 6.07) is 23.6. The molecule has 0 aliphatic carbocycles. The standard InChI is InChI=1S/C13H14N2.C7H8BrN.C6H8BNO2.3K.HO4P/c1-10-8-13(6-7-15-10)12-4-2-11(9-14)3-5-12;8-7-3-1-6(5-9)2-4-7;1-5-4-6(7(9)10)2-3-8-5;;;;1-4-5(2)3/h2-8H,9,14H2,1H3;1-4H,5,9H2;2-4,9-10H,1H3;;;;1H/q;;;;;+1;/p-1. The molecule has 0 aliphatic rings. The van der Waals surface area contributed by atoms with E-state index < -0.39 is 15.4 Å². The van der Waals surface area contributed by atoms with Gasteiger partial charge in [0.1, 0.15) is 0 Å². The molecule has 0 spiro atoms. The van der Waals surface area contributed by atoms with Crippen molar-refractivity contribution >= 4 is 99.9 Å². The maximum absolute atomic E-state index is 8.87. The van der Waals surface area contributed by atoms with Crippen LogP contribution in [0.5, 0.6) is 0 Å². The molecule has 0 amide bonds. The zero-order valence-electron chi connectivity index (χ0n) is 24.5. The van der Waals surface area contributed by atoms with Gasteiger partial charge in [-0.2, -0.15) is 0 Å². The van der Waals surface area contributed by atoms with Gasteiger partial charge in [0.15, 0.2) is 0 Å². The van der Waals surface area contributed by atoms with Crippen LogP contribution in [-0.2, 0) is 22.3 Å². The second-order valence-corrected chi connectivity index (χ2v) is 9.33. The summed E-state index contributed by atoms with van der Waals surface area (Å²) in [7, 11) is -4.54. The molecule has 42 heavy (non-hydrogen) atoms. The van der Waals surface area contributed by atoms with Crippen molar-refractivity contribution in [3.63, 3.8) is 0 Å². The molecule has 16 heteroatoms. The van der Waals surface area contributed by atoms with Crippen LogP contribution in [0, 0.1) is 13.8 Å². The fraction of sp³-hybridized carbons (Fsp3) is 0.154. The number of hydrogen-bond acceptors (Lipinski definition) is 10. The second kappa shape index (κ2) is 29.2. The van der Waals surface area contributed by atoms with Crippen molar-refractivity contribution in [2.75, 3.05) is 0 Å². The first kappa shape index (κ1) is 46.1. The number of benzene rings is 2. The Bertz CT molecular complexity index is 1280. The minimum absolute atomic E-state index is 0.